The highest BCUT2D eigenvalue weighted by Gasteiger charge is 2.16. The smallest absolute Gasteiger partial charge is 0.0509 e. The van der Waals surface area contributed by atoms with E-state index in [0.29, 0.717) is 0 Å². The van der Waals surface area contributed by atoms with Gasteiger partial charge in [-0.3, -0.25) is 0 Å². The molecule has 0 radical (unpaired) electrons. The Morgan fingerprint density at radius 3 is 2.24 bits per heavy atom. The number of aryl methyl sites for hydroxylation is 1. The van der Waals surface area contributed by atoms with Crippen molar-refractivity contribution >= 4 is 75.2 Å². The molecule has 0 N–H and O–H groups in total. The molecule has 146 valence electrons. The third-order valence-corrected chi connectivity index (χ3v) is 7.13. The van der Waals surface area contributed by atoms with Gasteiger partial charge in [-0.15, -0.1) is 0 Å². The highest BCUT2D eigenvalue weighted by molar-refractivity contribution is 9.11. The van der Waals surface area contributed by atoms with Crippen molar-refractivity contribution in [1.82, 2.24) is 4.57 Å². The topological polar surface area (TPSA) is 4.93 Å². The molecule has 0 saturated carbocycles. The molecule has 5 rings (SSSR count). The van der Waals surface area contributed by atoms with Gasteiger partial charge in [0.15, 0.2) is 0 Å². The fourth-order valence-corrected chi connectivity index (χ4v) is 5.45. The molecule has 0 aliphatic carbocycles. The van der Waals surface area contributed by atoms with Crippen LogP contribution in [0.5, 0.6) is 0 Å². The Kier molecular flexibility index (Phi) is 5.13. The molecule has 5 aromatic rings. The number of halogens is 2. The van der Waals surface area contributed by atoms with Crippen LogP contribution in [0.25, 0.3) is 43.4 Å². The summed E-state index contributed by atoms with van der Waals surface area (Å²) in [7, 11) is 0. The second-order valence-corrected chi connectivity index (χ2v) is 9.64. The maximum Gasteiger partial charge on any atom is 0.0509 e. The summed E-state index contributed by atoms with van der Waals surface area (Å²) in [5.74, 6) is 0. The maximum absolute atomic E-state index is 3.88. The van der Waals surface area contributed by atoms with Gasteiger partial charge in [-0.25, -0.2) is 0 Å². The number of hydrogen-bond acceptors (Lipinski definition) is 0. The van der Waals surface area contributed by atoms with E-state index >= 15 is 0 Å². The first-order valence-electron chi connectivity index (χ1n) is 10.4. The van der Waals surface area contributed by atoms with Gasteiger partial charge in [0.2, 0.25) is 0 Å². The Bertz CT molecular complexity index is 1360. The van der Waals surface area contributed by atoms with Crippen molar-refractivity contribution in [3.8, 4) is 0 Å². The summed E-state index contributed by atoms with van der Waals surface area (Å²) in [6.07, 6.45) is 5.07. The zero-order valence-electron chi connectivity index (χ0n) is 16.5. The summed E-state index contributed by atoms with van der Waals surface area (Å²) in [4.78, 5) is 0. The normalized spacial score (nSPS) is 12.0. The first-order chi connectivity index (χ1) is 14.2. The molecule has 0 aliphatic heterocycles. The molecule has 0 fully saturated rings. The summed E-state index contributed by atoms with van der Waals surface area (Å²) >= 11 is 7.57. The molecular weight excluding hydrogens is 486 g/mol. The van der Waals surface area contributed by atoms with Gasteiger partial charge in [-0.1, -0.05) is 88.4 Å². The Labute approximate surface area is 188 Å². The van der Waals surface area contributed by atoms with Gasteiger partial charge in [-0.2, -0.15) is 0 Å². The SMILES string of the molecule is CCCCCCn1c2cc(Br)ccc2c2c3cc4ccccc4cc3c(Br)cc21. The highest BCUT2D eigenvalue weighted by atomic mass is 79.9. The fraction of sp³-hybridized carbons (Fsp3) is 0.231. The van der Waals surface area contributed by atoms with Crippen LogP contribution in [0.1, 0.15) is 32.6 Å². The van der Waals surface area contributed by atoms with Gasteiger partial charge in [0.05, 0.1) is 11.0 Å². The molecular formula is C26H23Br2N. The van der Waals surface area contributed by atoms with Crippen LogP contribution in [0.15, 0.2) is 69.6 Å². The van der Waals surface area contributed by atoms with Crippen LogP contribution < -0.4 is 0 Å². The molecule has 0 unspecified atom stereocenters. The van der Waals surface area contributed by atoms with E-state index in [4.69, 9.17) is 0 Å². The lowest BCUT2D eigenvalue weighted by molar-refractivity contribution is 0.602. The summed E-state index contributed by atoms with van der Waals surface area (Å²) in [5, 5.41) is 7.89. The number of benzene rings is 4. The van der Waals surface area contributed by atoms with E-state index in [-0.39, 0.29) is 0 Å². The highest BCUT2D eigenvalue weighted by Crippen LogP contribution is 2.40. The molecule has 0 amide bonds. The minimum Gasteiger partial charge on any atom is -0.340 e. The summed E-state index contributed by atoms with van der Waals surface area (Å²) in [6, 6.07) is 22.3. The third kappa shape index (κ3) is 3.29. The van der Waals surface area contributed by atoms with Crippen LogP contribution >= 0.6 is 31.9 Å². The monoisotopic (exact) mass is 507 g/mol. The van der Waals surface area contributed by atoms with E-state index in [1.807, 2.05) is 0 Å². The maximum atomic E-state index is 3.88. The number of nitrogens with zero attached hydrogens (tertiary/aromatic N) is 1. The number of rotatable bonds is 5. The Hall–Kier alpha value is -1.84. The zero-order valence-corrected chi connectivity index (χ0v) is 19.7. The first kappa shape index (κ1) is 19.1. The Morgan fingerprint density at radius 2 is 1.48 bits per heavy atom. The first-order valence-corrected chi connectivity index (χ1v) is 12.0. The van der Waals surface area contributed by atoms with Gasteiger partial charge in [0.1, 0.15) is 0 Å². The lowest BCUT2D eigenvalue weighted by Gasteiger charge is -2.10. The molecule has 0 spiro atoms. The lowest BCUT2D eigenvalue weighted by atomic mass is 9.99. The van der Waals surface area contributed by atoms with Crippen molar-refractivity contribution in [2.24, 2.45) is 0 Å². The van der Waals surface area contributed by atoms with Crippen LogP contribution in [0, 0.1) is 0 Å². The second-order valence-electron chi connectivity index (χ2n) is 7.87. The van der Waals surface area contributed by atoms with Crippen LogP contribution in [0.4, 0.5) is 0 Å². The second kappa shape index (κ2) is 7.77. The molecule has 4 aromatic carbocycles. The number of aromatic nitrogens is 1. The van der Waals surface area contributed by atoms with Crippen LogP contribution in [-0.2, 0) is 6.54 Å². The summed E-state index contributed by atoms with van der Waals surface area (Å²) in [5.41, 5.74) is 2.64. The largest absolute Gasteiger partial charge is 0.340 e. The molecule has 1 aromatic heterocycles. The van der Waals surface area contributed by atoms with E-state index in [0.717, 1.165) is 11.0 Å². The van der Waals surface area contributed by atoms with Gasteiger partial charge < -0.3 is 4.57 Å². The predicted molar refractivity (Wildman–Crippen MR) is 134 cm³/mol. The van der Waals surface area contributed by atoms with Crippen LogP contribution in [-0.4, -0.2) is 4.57 Å². The average Bonchev–Trinajstić information content (AvgIpc) is 3.02. The van der Waals surface area contributed by atoms with E-state index in [1.165, 1.54) is 73.5 Å². The fourth-order valence-electron chi connectivity index (χ4n) is 4.56. The van der Waals surface area contributed by atoms with Crippen molar-refractivity contribution in [2.45, 2.75) is 39.2 Å². The minimum atomic E-state index is 1.06. The van der Waals surface area contributed by atoms with Crippen LogP contribution in [0.2, 0.25) is 0 Å². The van der Waals surface area contributed by atoms with E-state index in [2.05, 4.69) is 104 Å². The van der Waals surface area contributed by atoms with Gasteiger partial charge in [-0.05, 0) is 58.3 Å². The van der Waals surface area contributed by atoms with Crippen molar-refractivity contribution < 1.29 is 0 Å². The van der Waals surface area contributed by atoms with Crippen molar-refractivity contribution in [3.05, 3.63) is 69.6 Å². The zero-order chi connectivity index (χ0) is 20.0. The molecule has 0 saturated heterocycles. The average molecular weight is 509 g/mol. The molecule has 0 bridgehead atoms. The van der Waals surface area contributed by atoms with Crippen LogP contribution in [0.3, 0.4) is 0 Å². The minimum absolute atomic E-state index is 1.06. The molecule has 1 nitrogen and oxygen atoms in total. The van der Waals surface area contributed by atoms with Gasteiger partial charge in [0, 0.05) is 26.3 Å². The van der Waals surface area contributed by atoms with Gasteiger partial charge in [0.25, 0.3) is 0 Å². The molecule has 0 aliphatic rings. The number of fused-ring (bicyclic) bond motifs is 6. The van der Waals surface area contributed by atoms with E-state index < -0.39 is 0 Å². The summed E-state index contributed by atoms with van der Waals surface area (Å²) in [6.45, 7) is 3.33. The van der Waals surface area contributed by atoms with E-state index in [9.17, 15) is 0 Å². The quantitative estimate of drug-likeness (QED) is 0.164. The Balaban J connectivity index is 1.85. The van der Waals surface area contributed by atoms with Gasteiger partial charge >= 0.3 is 0 Å². The molecule has 1 heterocycles. The third-order valence-electron chi connectivity index (χ3n) is 5.98. The van der Waals surface area contributed by atoms with Crippen molar-refractivity contribution in [2.75, 3.05) is 0 Å². The molecule has 0 atom stereocenters. The molecule has 3 heteroatoms. The Morgan fingerprint density at radius 1 is 0.724 bits per heavy atom. The van der Waals surface area contributed by atoms with E-state index in [1.54, 1.807) is 0 Å². The van der Waals surface area contributed by atoms with Crippen molar-refractivity contribution in [3.63, 3.8) is 0 Å². The lowest BCUT2D eigenvalue weighted by Crippen LogP contribution is -1.98. The standard InChI is InChI=1S/C26H23Br2N/c1-2-3-4-7-12-29-24-15-19(27)10-11-20(24)26-22-14-18-9-6-5-8-17(18)13-21(22)23(28)16-25(26)29/h5-6,8-11,13-16H,2-4,7,12H2,1H3. The number of unbranched alkanes of at least 4 members (excludes halogenated alkanes) is 3. The molecule has 29 heavy (non-hydrogen) atoms. The predicted octanol–water partition coefficient (Wildman–Crippen LogP) is 9.21. The number of hydrogen-bond donors (Lipinski definition) is 0. The van der Waals surface area contributed by atoms with Crippen molar-refractivity contribution in [1.29, 1.82) is 0 Å². The summed E-state index contributed by atoms with van der Waals surface area (Å²) < 4.78 is 4.82.